The highest BCUT2D eigenvalue weighted by Crippen LogP contribution is 2.10. The third kappa shape index (κ3) is 1.63. The van der Waals surface area contributed by atoms with Gasteiger partial charge in [0.1, 0.15) is 5.69 Å². The van der Waals surface area contributed by atoms with Gasteiger partial charge in [-0.15, -0.1) is 5.10 Å². The maximum absolute atomic E-state index is 10.2. The molecule has 11 heavy (non-hydrogen) atoms. The van der Waals surface area contributed by atoms with Crippen LogP contribution in [0.5, 0.6) is 0 Å². The molecule has 0 aliphatic rings. The number of hydrogen-bond donors (Lipinski definition) is 0. The van der Waals surface area contributed by atoms with Crippen LogP contribution in [0.25, 0.3) is 0 Å². The molecule has 1 heterocycles. The van der Waals surface area contributed by atoms with E-state index in [2.05, 4.69) is 10.3 Å². The third-order valence-corrected chi connectivity index (χ3v) is 1.32. The van der Waals surface area contributed by atoms with Crippen LogP contribution in [-0.4, -0.2) is 21.3 Å². The van der Waals surface area contributed by atoms with Gasteiger partial charge in [0.15, 0.2) is 6.29 Å². The Bertz CT molecular complexity index is 259. The van der Waals surface area contributed by atoms with Crippen LogP contribution in [0.2, 0.25) is 0 Å². The van der Waals surface area contributed by atoms with Crippen molar-refractivity contribution in [1.29, 1.82) is 0 Å². The Morgan fingerprint density at radius 3 is 2.45 bits per heavy atom. The van der Waals surface area contributed by atoms with E-state index in [0.29, 0.717) is 12.0 Å². The number of carbonyl (C=O) groups is 1. The molecular weight excluding hydrogens is 142 g/mol. The first kappa shape index (κ1) is 7.91. The highest BCUT2D eigenvalue weighted by Gasteiger charge is 2.14. The molecule has 1 rings (SSSR count). The Balaban J connectivity index is 2.98. The van der Waals surface area contributed by atoms with Crippen LogP contribution in [0.4, 0.5) is 0 Å². The van der Waals surface area contributed by atoms with Crippen molar-refractivity contribution in [1.82, 2.24) is 15.0 Å². The smallest absolute Gasteiger partial charge is 0.171 e. The maximum atomic E-state index is 10.2. The van der Waals surface area contributed by atoms with E-state index in [-0.39, 0.29) is 5.54 Å². The van der Waals surface area contributed by atoms with Gasteiger partial charge >= 0.3 is 0 Å². The van der Waals surface area contributed by atoms with Gasteiger partial charge in [-0.1, -0.05) is 5.21 Å². The molecule has 0 fully saturated rings. The molecule has 1 aromatic heterocycles. The molecule has 0 unspecified atom stereocenters. The predicted molar refractivity (Wildman–Crippen MR) is 40.4 cm³/mol. The second kappa shape index (κ2) is 2.45. The van der Waals surface area contributed by atoms with Crippen molar-refractivity contribution < 1.29 is 4.79 Å². The van der Waals surface area contributed by atoms with Gasteiger partial charge in [0, 0.05) is 0 Å². The van der Waals surface area contributed by atoms with E-state index in [1.54, 1.807) is 10.9 Å². The molecule has 4 heteroatoms. The van der Waals surface area contributed by atoms with Gasteiger partial charge in [0.2, 0.25) is 0 Å². The summed E-state index contributed by atoms with van der Waals surface area (Å²) in [4.78, 5) is 10.2. The second-order valence-corrected chi connectivity index (χ2v) is 3.38. The lowest BCUT2D eigenvalue weighted by Crippen LogP contribution is -2.22. The Hall–Kier alpha value is -1.19. The van der Waals surface area contributed by atoms with Gasteiger partial charge in [0.05, 0.1) is 11.7 Å². The molecule has 0 bridgehead atoms. The molecule has 4 nitrogen and oxygen atoms in total. The zero-order chi connectivity index (χ0) is 8.48. The van der Waals surface area contributed by atoms with Crippen molar-refractivity contribution in [2.45, 2.75) is 26.3 Å². The van der Waals surface area contributed by atoms with E-state index < -0.39 is 0 Å². The minimum absolute atomic E-state index is 0.103. The zero-order valence-electron chi connectivity index (χ0n) is 6.90. The molecule has 0 N–H and O–H groups in total. The Morgan fingerprint density at radius 2 is 2.18 bits per heavy atom. The fourth-order valence-corrected chi connectivity index (χ4v) is 0.659. The maximum Gasteiger partial charge on any atom is 0.171 e. The molecule has 0 atom stereocenters. The van der Waals surface area contributed by atoms with Gasteiger partial charge < -0.3 is 0 Å². The number of aromatic nitrogens is 3. The standard InChI is InChI=1S/C7H11N3O/c1-7(2,3)10-4-6(5-11)8-9-10/h4-5H,1-3H3. The van der Waals surface area contributed by atoms with Gasteiger partial charge in [-0.3, -0.25) is 4.79 Å². The first-order chi connectivity index (χ1) is 5.04. The minimum Gasteiger partial charge on any atom is -0.296 e. The van der Waals surface area contributed by atoms with E-state index in [4.69, 9.17) is 0 Å². The minimum atomic E-state index is -0.103. The summed E-state index contributed by atoms with van der Waals surface area (Å²) in [6, 6.07) is 0. The molecule has 0 amide bonds. The SMILES string of the molecule is CC(C)(C)n1cc(C=O)nn1. The van der Waals surface area contributed by atoms with Crippen molar-refractivity contribution in [2.24, 2.45) is 0 Å². The molecule has 60 valence electrons. The van der Waals surface area contributed by atoms with E-state index >= 15 is 0 Å². The first-order valence-electron chi connectivity index (χ1n) is 3.42. The summed E-state index contributed by atoms with van der Waals surface area (Å²) >= 11 is 0. The molecule has 0 radical (unpaired) electrons. The van der Waals surface area contributed by atoms with Crippen molar-refractivity contribution in [3.05, 3.63) is 11.9 Å². The average Bonchev–Trinajstić information content (AvgIpc) is 2.32. The summed E-state index contributed by atoms with van der Waals surface area (Å²) in [7, 11) is 0. The Labute approximate surface area is 65.2 Å². The third-order valence-electron chi connectivity index (χ3n) is 1.32. The average molecular weight is 153 g/mol. The summed E-state index contributed by atoms with van der Waals surface area (Å²) in [5.41, 5.74) is 0.272. The van der Waals surface area contributed by atoms with Gasteiger partial charge in [-0.25, -0.2) is 4.68 Å². The van der Waals surface area contributed by atoms with E-state index in [1.165, 1.54) is 0 Å². The number of nitrogens with zero attached hydrogens (tertiary/aromatic N) is 3. The summed E-state index contributed by atoms with van der Waals surface area (Å²) < 4.78 is 1.66. The van der Waals surface area contributed by atoms with E-state index in [9.17, 15) is 4.79 Å². The summed E-state index contributed by atoms with van der Waals surface area (Å²) in [5.74, 6) is 0. The molecule has 0 spiro atoms. The largest absolute Gasteiger partial charge is 0.296 e. The quantitative estimate of drug-likeness (QED) is 0.562. The lowest BCUT2D eigenvalue weighted by Gasteiger charge is -2.17. The molecule has 0 aliphatic heterocycles. The summed E-state index contributed by atoms with van der Waals surface area (Å²) in [5, 5.41) is 7.44. The first-order valence-corrected chi connectivity index (χ1v) is 3.42. The highest BCUT2D eigenvalue weighted by atomic mass is 16.1. The van der Waals surface area contributed by atoms with Crippen molar-refractivity contribution in [3.63, 3.8) is 0 Å². The number of carbonyl (C=O) groups excluding carboxylic acids is 1. The van der Waals surface area contributed by atoms with Crippen LogP contribution in [0, 0.1) is 0 Å². The van der Waals surface area contributed by atoms with Crippen LogP contribution in [-0.2, 0) is 5.54 Å². The Kier molecular flexibility index (Phi) is 1.76. The van der Waals surface area contributed by atoms with Gasteiger partial charge in [-0.2, -0.15) is 0 Å². The van der Waals surface area contributed by atoms with Crippen molar-refractivity contribution in [2.75, 3.05) is 0 Å². The van der Waals surface area contributed by atoms with Crippen LogP contribution in [0.3, 0.4) is 0 Å². The van der Waals surface area contributed by atoms with E-state index in [1.807, 2.05) is 20.8 Å². The molecule has 0 aliphatic carbocycles. The van der Waals surface area contributed by atoms with Crippen LogP contribution >= 0.6 is 0 Å². The lowest BCUT2D eigenvalue weighted by atomic mass is 10.1. The number of hydrogen-bond acceptors (Lipinski definition) is 3. The fourth-order valence-electron chi connectivity index (χ4n) is 0.659. The monoisotopic (exact) mass is 153 g/mol. The van der Waals surface area contributed by atoms with Crippen LogP contribution < -0.4 is 0 Å². The normalized spacial score (nSPS) is 11.5. The zero-order valence-corrected chi connectivity index (χ0v) is 6.90. The van der Waals surface area contributed by atoms with Crippen LogP contribution in [0.1, 0.15) is 31.3 Å². The lowest BCUT2D eigenvalue weighted by molar-refractivity contribution is 0.111. The number of aldehydes is 1. The van der Waals surface area contributed by atoms with Gasteiger partial charge in [0.25, 0.3) is 0 Å². The molecule has 1 aromatic rings. The molecular formula is C7H11N3O. The Morgan fingerprint density at radius 1 is 1.55 bits per heavy atom. The summed E-state index contributed by atoms with van der Waals surface area (Å²) in [6.07, 6.45) is 2.32. The topological polar surface area (TPSA) is 47.8 Å². The molecule has 0 saturated heterocycles. The molecule has 0 saturated carbocycles. The number of rotatable bonds is 1. The molecule has 0 aromatic carbocycles. The highest BCUT2D eigenvalue weighted by molar-refractivity contribution is 5.70. The predicted octanol–water partition coefficient (Wildman–Crippen LogP) is 0.846. The summed E-state index contributed by atoms with van der Waals surface area (Å²) in [6.45, 7) is 5.99. The second-order valence-electron chi connectivity index (χ2n) is 3.38. The van der Waals surface area contributed by atoms with Crippen molar-refractivity contribution >= 4 is 6.29 Å². The van der Waals surface area contributed by atoms with Crippen LogP contribution in [0.15, 0.2) is 6.20 Å². The van der Waals surface area contributed by atoms with Gasteiger partial charge in [-0.05, 0) is 20.8 Å². The fraction of sp³-hybridized carbons (Fsp3) is 0.571. The van der Waals surface area contributed by atoms with Crippen molar-refractivity contribution in [3.8, 4) is 0 Å². The van der Waals surface area contributed by atoms with E-state index in [0.717, 1.165) is 0 Å².